The number of aromatic carboxylic acids is 1. The summed E-state index contributed by atoms with van der Waals surface area (Å²) < 4.78 is 4.92. The number of carbonyl (C=O) groups excluding carboxylic acids is 3. The monoisotopic (exact) mass is 527 g/mol. The highest BCUT2D eigenvalue weighted by Crippen LogP contribution is 2.29. The number of carbonyl (C=O) groups is 4. The third kappa shape index (κ3) is 7.40. The first-order valence-corrected chi connectivity index (χ1v) is 12.9. The third-order valence-electron chi connectivity index (χ3n) is 4.85. The van der Waals surface area contributed by atoms with Crippen LogP contribution in [0.4, 0.5) is 10.8 Å². The number of nitrogens with zero attached hydrogens (tertiary/aromatic N) is 1. The molecule has 1 aromatic heterocycles. The average molecular weight is 528 g/mol. The summed E-state index contributed by atoms with van der Waals surface area (Å²) in [6.45, 7) is 3.91. The number of nitrogens with one attached hydrogen (secondary N) is 2. The molecule has 9 nitrogen and oxygen atoms in total. The van der Waals surface area contributed by atoms with Crippen LogP contribution in [0.2, 0.25) is 0 Å². The minimum Gasteiger partial charge on any atom is -0.478 e. The van der Waals surface area contributed by atoms with Crippen molar-refractivity contribution in [3.05, 3.63) is 70.7 Å². The van der Waals surface area contributed by atoms with E-state index in [1.807, 2.05) is 13.0 Å². The number of carboxylic acids is 1. The Kier molecular flexibility index (Phi) is 9.60. The van der Waals surface area contributed by atoms with Gasteiger partial charge in [-0.3, -0.25) is 14.4 Å². The Labute approximate surface area is 216 Å². The van der Waals surface area contributed by atoms with E-state index in [0.29, 0.717) is 29.5 Å². The van der Waals surface area contributed by atoms with Gasteiger partial charge < -0.3 is 20.5 Å². The van der Waals surface area contributed by atoms with Crippen LogP contribution in [0.1, 0.15) is 46.7 Å². The van der Waals surface area contributed by atoms with Gasteiger partial charge in [-0.05, 0) is 43.7 Å². The van der Waals surface area contributed by atoms with Crippen LogP contribution in [0.25, 0.3) is 0 Å². The van der Waals surface area contributed by atoms with Crippen LogP contribution in [0.3, 0.4) is 0 Å². The summed E-state index contributed by atoms with van der Waals surface area (Å²) in [5.41, 5.74) is 0.974. The lowest BCUT2D eigenvalue weighted by Gasteiger charge is -2.14. The zero-order chi connectivity index (χ0) is 26.1. The van der Waals surface area contributed by atoms with Gasteiger partial charge in [0.15, 0.2) is 5.13 Å². The van der Waals surface area contributed by atoms with Crippen molar-refractivity contribution in [3.8, 4) is 0 Å². The molecule has 1 atom stereocenters. The predicted octanol–water partition coefficient (Wildman–Crippen LogP) is 4.71. The van der Waals surface area contributed by atoms with E-state index in [1.54, 1.807) is 42.6 Å². The van der Waals surface area contributed by atoms with Gasteiger partial charge in [-0.2, -0.15) is 0 Å². The van der Waals surface area contributed by atoms with Gasteiger partial charge in [0.25, 0.3) is 5.91 Å². The molecule has 1 heterocycles. The maximum atomic E-state index is 12.8. The molecule has 3 rings (SSSR count). The SMILES string of the molecule is CCOC(=O)Cc1csc(NC(=O)C(CC)Sc2cccc(NC(=O)c3ccccc3C(=O)O)c2)n1. The van der Waals surface area contributed by atoms with Crippen molar-refractivity contribution in [1.29, 1.82) is 0 Å². The molecule has 0 radical (unpaired) electrons. The molecule has 2 aromatic carbocycles. The van der Waals surface area contributed by atoms with Crippen LogP contribution in [0, 0.1) is 0 Å². The second-order valence-electron chi connectivity index (χ2n) is 7.46. The van der Waals surface area contributed by atoms with Crippen LogP contribution >= 0.6 is 23.1 Å². The van der Waals surface area contributed by atoms with Gasteiger partial charge in [-0.1, -0.05) is 25.1 Å². The quantitative estimate of drug-likeness (QED) is 0.241. The molecule has 0 saturated carbocycles. The highest BCUT2D eigenvalue weighted by Gasteiger charge is 2.21. The first kappa shape index (κ1) is 26.9. The number of aromatic nitrogens is 1. The summed E-state index contributed by atoms with van der Waals surface area (Å²) in [6.07, 6.45) is 0.585. The van der Waals surface area contributed by atoms with Gasteiger partial charge in [0.1, 0.15) is 0 Å². The zero-order valence-corrected chi connectivity index (χ0v) is 21.3. The summed E-state index contributed by atoms with van der Waals surface area (Å²) in [5.74, 6) is -2.33. The number of rotatable bonds is 11. The Morgan fingerprint density at radius 2 is 1.81 bits per heavy atom. The maximum Gasteiger partial charge on any atom is 0.336 e. The molecule has 0 aliphatic carbocycles. The third-order valence-corrected chi connectivity index (χ3v) is 7.01. The Morgan fingerprint density at radius 3 is 2.50 bits per heavy atom. The van der Waals surface area contributed by atoms with Gasteiger partial charge in [0.2, 0.25) is 5.91 Å². The molecule has 0 spiro atoms. The minimum absolute atomic E-state index is 0.0433. The number of carboxylic acid groups (broad SMARTS) is 1. The summed E-state index contributed by atoms with van der Waals surface area (Å²) in [5, 5.41) is 16.5. The van der Waals surface area contributed by atoms with E-state index in [4.69, 9.17) is 4.74 Å². The smallest absolute Gasteiger partial charge is 0.336 e. The number of hydrogen-bond acceptors (Lipinski definition) is 8. The fraction of sp³-hybridized carbons (Fsp3) is 0.240. The largest absolute Gasteiger partial charge is 0.478 e. The van der Waals surface area contributed by atoms with Crippen molar-refractivity contribution in [1.82, 2.24) is 4.98 Å². The van der Waals surface area contributed by atoms with Crippen LogP contribution in [-0.4, -0.2) is 45.7 Å². The summed E-state index contributed by atoms with van der Waals surface area (Å²) >= 11 is 2.56. The van der Waals surface area contributed by atoms with Gasteiger partial charge in [0.05, 0.1) is 35.1 Å². The lowest BCUT2D eigenvalue weighted by Crippen LogP contribution is -2.24. The number of thioether (sulfide) groups is 1. The average Bonchev–Trinajstić information content (AvgIpc) is 3.29. The number of amides is 2. The van der Waals surface area contributed by atoms with Crippen molar-refractivity contribution < 1.29 is 29.0 Å². The van der Waals surface area contributed by atoms with E-state index < -0.39 is 17.1 Å². The van der Waals surface area contributed by atoms with Crippen molar-refractivity contribution in [2.24, 2.45) is 0 Å². The normalized spacial score (nSPS) is 11.4. The second-order valence-corrected chi connectivity index (χ2v) is 9.60. The lowest BCUT2D eigenvalue weighted by atomic mass is 10.1. The Hall–Kier alpha value is -3.70. The van der Waals surface area contributed by atoms with Gasteiger partial charge in [-0.15, -0.1) is 23.1 Å². The summed E-state index contributed by atoms with van der Waals surface area (Å²) in [4.78, 5) is 53.6. The molecule has 1 unspecified atom stereocenters. The van der Waals surface area contributed by atoms with Crippen molar-refractivity contribution in [3.63, 3.8) is 0 Å². The lowest BCUT2D eigenvalue weighted by molar-refractivity contribution is -0.142. The number of esters is 1. The fourth-order valence-electron chi connectivity index (χ4n) is 3.19. The Balaban J connectivity index is 1.64. The summed E-state index contributed by atoms with van der Waals surface area (Å²) in [7, 11) is 0. The topological polar surface area (TPSA) is 135 Å². The molecule has 0 saturated heterocycles. The summed E-state index contributed by atoms with van der Waals surface area (Å²) in [6, 6.07) is 13.0. The van der Waals surface area contributed by atoms with E-state index in [0.717, 1.165) is 4.90 Å². The molecule has 11 heteroatoms. The number of benzene rings is 2. The maximum absolute atomic E-state index is 12.8. The van der Waals surface area contributed by atoms with Crippen molar-refractivity contribution >= 4 is 57.7 Å². The van der Waals surface area contributed by atoms with Crippen LogP contribution in [0.5, 0.6) is 0 Å². The Morgan fingerprint density at radius 1 is 1.06 bits per heavy atom. The molecule has 36 heavy (non-hydrogen) atoms. The van der Waals surface area contributed by atoms with Crippen LogP contribution in [-0.2, 0) is 20.7 Å². The highest BCUT2D eigenvalue weighted by molar-refractivity contribution is 8.00. The van der Waals surface area contributed by atoms with E-state index in [2.05, 4.69) is 15.6 Å². The number of ether oxygens (including phenoxy) is 1. The molecule has 0 aliphatic rings. The first-order valence-electron chi connectivity index (χ1n) is 11.1. The molecule has 3 N–H and O–H groups in total. The van der Waals surface area contributed by atoms with Crippen molar-refractivity contribution in [2.45, 2.75) is 36.8 Å². The molecule has 2 amide bonds. The second kappa shape index (κ2) is 12.8. The number of anilines is 2. The standard InChI is InChI=1S/C25H25N3O6S2/c1-3-20(23(31)28-25-27-16(14-35-25)13-21(29)34-4-2)36-17-9-7-8-15(12-17)26-22(30)18-10-5-6-11-19(18)24(32)33/h5-12,14,20H,3-4,13H2,1-2H3,(H,26,30)(H,32,33)(H,27,28,31). The van der Waals surface area contributed by atoms with Crippen molar-refractivity contribution in [2.75, 3.05) is 17.2 Å². The van der Waals surface area contributed by atoms with E-state index >= 15 is 0 Å². The molecule has 0 aliphatic heterocycles. The molecule has 3 aromatic rings. The van der Waals surface area contributed by atoms with Gasteiger partial charge in [-0.25, -0.2) is 9.78 Å². The molecular formula is C25H25N3O6S2. The molecule has 0 bridgehead atoms. The molecule has 188 valence electrons. The Bertz CT molecular complexity index is 1260. The van der Waals surface area contributed by atoms with Crippen LogP contribution in [0.15, 0.2) is 58.8 Å². The van der Waals surface area contributed by atoms with Gasteiger partial charge in [0, 0.05) is 16.0 Å². The fourth-order valence-corrected chi connectivity index (χ4v) is 4.92. The molecule has 0 fully saturated rings. The highest BCUT2D eigenvalue weighted by atomic mass is 32.2. The van der Waals surface area contributed by atoms with E-state index in [9.17, 15) is 24.3 Å². The predicted molar refractivity (Wildman–Crippen MR) is 139 cm³/mol. The molecular weight excluding hydrogens is 502 g/mol. The number of hydrogen-bond donors (Lipinski definition) is 3. The van der Waals surface area contributed by atoms with E-state index in [1.165, 1.54) is 35.2 Å². The first-order chi connectivity index (χ1) is 17.3. The number of thiazole rings is 1. The minimum atomic E-state index is -1.19. The zero-order valence-electron chi connectivity index (χ0n) is 19.6. The van der Waals surface area contributed by atoms with Gasteiger partial charge >= 0.3 is 11.9 Å². The van der Waals surface area contributed by atoms with E-state index in [-0.39, 0.29) is 29.4 Å². The van der Waals surface area contributed by atoms with Crippen LogP contribution < -0.4 is 10.6 Å².